The van der Waals surface area contributed by atoms with Crippen LogP contribution in [0.1, 0.15) is 26.3 Å². The molecule has 0 spiro atoms. The lowest BCUT2D eigenvalue weighted by atomic mass is 9.86. The first-order valence-electron chi connectivity index (χ1n) is 7.55. The summed E-state index contributed by atoms with van der Waals surface area (Å²) < 4.78 is 0. The molecule has 1 aromatic carbocycles. The molecule has 0 aromatic heterocycles. The van der Waals surface area contributed by atoms with E-state index >= 15 is 0 Å². The molecule has 6 nitrogen and oxygen atoms in total. The number of hydrogen-bond acceptors (Lipinski definition) is 2. The summed E-state index contributed by atoms with van der Waals surface area (Å²) in [5.74, 6) is 0. The predicted molar refractivity (Wildman–Crippen MR) is 87.1 cm³/mol. The van der Waals surface area contributed by atoms with Gasteiger partial charge in [0, 0.05) is 31.9 Å². The molecule has 0 bridgehead atoms. The minimum absolute atomic E-state index is 0.0441. The van der Waals surface area contributed by atoms with Gasteiger partial charge in [-0.3, -0.25) is 0 Å². The number of carbonyl (C=O) groups excluding carboxylic acids is 2. The highest BCUT2D eigenvalue weighted by molar-refractivity contribution is 5.90. The highest BCUT2D eigenvalue weighted by Crippen LogP contribution is 2.29. The lowest BCUT2D eigenvalue weighted by molar-refractivity contribution is 0.216. The van der Waals surface area contributed by atoms with Crippen molar-refractivity contribution in [3.63, 3.8) is 0 Å². The molecule has 1 aliphatic rings. The lowest BCUT2D eigenvalue weighted by Crippen LogP contribution is -2.38. The van der Waals surface area contributed by atoms with E-state index in [1.54, 1.807) is 4.90 Å². The Balaban J connectivity index is 1.86. The number of nitrogens with one attached hydrogen (secondary N) is 3. The van der Waals surface area contributed by atoms with Crippen molar-refractivity contribution in [1.29, 1.82) is 0 Å². The van der Waals surface area contributed by atoms with Crippen LogP contribution in [0.4, 0.5) is 15.3 Å². The van der Waals surface area contributed by atoms with E-state index in [2.05, 4.69) is 36.7 Å². The van der Waals surface area contributed by atoms with E-state index in [1.165, 1.54) is 0 Å². The number of nitrogens with zero attached hydrogens (tertiary/aromatic N) is 1. The largest absolute Gasteiger partial charge is 0.336 e. The van der Waals surface area contributed by atoms with Crippen LogP contribution in [0.3, 0.4) is 0 Å². The van der Waals surface area contributed by atoms with Crippen molar-refractivity contribution >= 4 is 17.7 Å². The molecule has 0 aliphatic carbocycles. The zero-order valence-corrected chi connectivity index (χ0v) is 13.4. The molecule has 0 atom stereocenters. The first kappa shape index (κ1) is 16.1. The molecule has 1 aromatic rings. The van der Waals surface area contributed by atoms with Crippen LogP contribution in [-0.4, -0.2) is 43.1 Å². The molecule has 1 saturated heterocycles. The highest BCUT2D eigenvalue weighted by atomic mass is 16.2. The minimum atomic E-state index is -0.253. The van der Waals surface area contributed by atoms with Gasteiger partial charge in [-0.25, -0.2) is 9.59 Å². The first-order valence-corrected chi connectivity index (χ1v) is 7.55. The second-order valence-corrected chi connectivity index (χ2v) is 6.40. The highest BCUT2D eigenvalue weighted by Gasteiger charge is 2.20. The van der Waals surface area contributed by atoms with Gasteiger partial charge in [-0.15, -0.1) is 0 Å². The Bertz CT molecular complexity index is 551. The van der Waals surface area contributed by atoms with Crippen LogP contribution in [0.25, 0.3) is 0 Å². The van der Waals surface area contributed by atoms with Gasteiger partial charge in [0.1, 0.15) is 0 Å². The molecule has 4 amide bonds. The summed E-state index contributed by atoms with van der Waals surface area (Å²) in [6.45, 7) is 8.63. The Morgan fingerprint density at radius 2 is 2.05 bits per heavy atom. The molecule has 1 fully saturated rings. The molecule has 0 unspecified atom stereocenters. The second kappa shape index (κ2) is 6.68. The summed E-state index contributed by atoms with van der Waals surface area (Å²) in [6.07, 6.45) is 0. The number of para-hydroxylation sites is 1. The van der Waals surface area contributed by atoms with Crippen LogP contribution in [0, 0.1) is 0 Å². The molecule has 120 valence electrons. The SMILES string of the molecule is CC(C)(C)c1ccccc1NC(=O)NCCN1CCNC1=O. The molecule has 2 rings (SSSR count). The maximum atomic E-state index is 12.0. The van der Waals surface area contributed by atoms with E-state index in [0.717, 1.165) is 11.3 Å². The van der Waals surface area contributed by atoms with Gasteiger partial charge in [0.15, 0.2) is 0 Å². The summed E-state index contributed by atoms with van der Waals surface area (Å²) in [5.41, 5.74) is 1.85. The fourth-order valence-electron chi connectivity index (χ4n) is 2.44. The molecular formula is C16H24N4O2. The third-order valence-electron chi connectivity index (χ3n) is 3.60. The molecule has 0 radical (unpaired) electrons. The van der Waals surface area contributed by atoms with Crippen molar-refractivity contribution in [1.82, 2.24) is 15.5 Å². The van der Waals surface area contributed by atoms with Crippen LogP contribution in [0.5, 0.6) is 0 Å². The van der Waals surface area contributed by atoms with Gasteiger partial charge in [0.2, 0.25) is 0 Å². The normalized spacial score (nSPS) is 14.7. The van der Waals surface area contributed by atoms with Crippen LogP contribution in [-0.2, 0) is 5.41 Å². The second-order valence-electron chi connectivity index (χ2n) is 6.40. The Morgan fingerprint density at radius 1 is 1.32 bits per heavy atom. The van der Waals surface area contributed by atoms with Gasteiger partial charge in [-0.05, 0) is 17.0 Å². The van der Waals surface area contributed by atoms with Crippen molar-refractivity contribution < 1.29 is 9.59 Å². The number of urea groups is 2. The van der Waals surface area contributed by atoms with Crippen molar-refractivity contribution in [2.75, 3.05) is 31.5 Å². The summed E-state index contributed by atoms with van der Waals surface area (Å²) in [7, 11) is 0. The zero-order chi connectivity index (χ0) is 16.2. The fraction of sp³-hybridized carbons (Fsp3) is 0.500. The standard InChI is InChI=1S/C16H24N4O2/c1-16(2,3)12-6-4-5-7-13(12)19-14(21)17-8-10-20-11-9-18-15(20)22/h4-7H,8-11H2,1-3H3,(H,18,22)(H2,17,19,21). The van der Waals surface area contributed by atoms with Gasteiger partial charge >= 0.3 is 12.1 Å². The quantitative estimate of drug-likeness (QED) is 0.797. The number of anilines is 1. The number of rotatable bonds is 4. The molecule has 6 heteroatoms. The van der Waals surface area contributed by atoms with E-state index in [9.17, 15) is 9.59 Å². The van der Waals surface area contributed by atoms with Gasteiger partial charge < -0.3 is 20.9 Å². The Labute approximate surface area is 131 Å². The van der Waals surface area contributed by atoms with Gasteiger partial charge in [0.25, 0.3) is 0 Å². The van der Waals surface area contributed by atoms with Crippen LogP contribution < -0.4 is 16.0 Å². The third kappa shape index (κ3) is 4.13. The number of benzene rings is 1. The van der Waals surface area contributed by atoms with Gasteiger partial charge in [0.05, 0.1) is 0 Å². The molecule has 1 heterocycles. The maximum absolute atomic E-state index is 12.0. The van der Waals surface area contributed by atoms with Crippen molar-refractivity contribution in [2.45, 2.75) is 26.2 Å². The van der Waals surface area contributed by atoms with Crippen molar-refractivity contribution in [2.24, 2.45) is 0 Å². The van der Waals surface area contributed by atoms with Gasteiger partial charge in [-0.2, -0.15) is 0 Å². The van der Waals surface area contributed by atoms with Gasteiger partial charge in [-0.1, -0.05) is 39.0 Å². The Hall–Kier alpha value is -2.24. The van der Waals surface area contributed by atoms with E-state index in [0.29, 0.717) is 26.2 Å². The molecule has 1 aliphatic heterocycles. The number of amides is 4. The summed E-state index contributed by atoms with van der Waals surface area (Å²) in [5, 5.41) is 8.40. The molecule has 3 N–H and O–H groups in total. The molecule has 22 heavy (non-hydrogen) atoms. The van der Waals surface area contributed by atoms with Crippen LogP contribution in [0.15, 0.2) is 24.3 Å². The fourth-order valence-corrected chi connectivity index (χ4v) is 2.44. The molecule has 0 saturated carbocycles. The Kier molecular flexibility index (Phi) is 4.90. The third-order valence-corrected chi connectivity index (χ3v) is 3.60. The first-order chi connectivity index (χ1) is 10.4. The Morgan fingerprint density at radius 3 is 2.68 bits per heavy atom. The average Bonchev–Trinajstić information content (AvgIpc) is 2.84. The maximum Gasteiger partial charge on any atom is 0.319 e. The van der Waals surface area contributed by atoms with Crippen LogP contribution >= 0.6 is 0 Å². The smallest absolute Gasteiger partial charge is 0.319 e. The van der Waals surface area contributed by atoms with E-state index in [4.69, 9.17) is 0 Å². The van der Waals surface area contributed by atoms with Crippen molar-refractivity contribution in [3.05, 3.63) is 29.8 Å². The van der Waals surface area contributed by atoms with Crippen LogP contribution in [0.2, 0.25) is 0 Å². The topological polar surface area (TPSA) is 73.5 Å². The summed E-state index contributed by atoms with van der Waals surface area (Å²) >= 11 is 0. The monoisotopic (exact) mass is 304 g/mol. The minimum Gasteiger partial charge on any atom is -0.336 e. The summed E-state index contributed by atoms with van der Waals surface area (Å²) in [4.78, 5) is 25.1. The van der Waals surface area contributed by atoms with E-state index < -0.39 is 0 Å². The predicted octanol–water partition coefficient (Wildman–Crippen LogP) is 2.13. The van der Waals surface area contributed by atoms with Crippen molar-refractivity contribution in [3.8, 4) is 0 Å². The zero-order valence-electron chi connectivity index (χ0n) is 13.4. The molecular weight excluding hydrogens is 280 g/mol. The van der Waals surface area contributed by atoms with E-state index in [1.807, 2.05) is 24.3 Å². The summed E-state index contributed by atoms with van der Waals surface area (Å²) in [6, 6.07) is 7.46. The number of carbonyl (C=O) groups is 2. The average molecular weight is 304 g/mol. The van der Waals surface area contributed by atoms with E-state index in [-0.39, 0.29) is 17.5 Å². The number of hydrogen-bond donors (Lipinski definition) is 3. The lowest BCUT2D eigenvalue weighted by Gasteiger charge is -2.23.